The fourth-order valence-corrected chi connectivity index (χ4v) is 1.91. The number of amides is 3. The molecule has 5 N–H and O–H groups in total. The third-order valence-electron chi connectivity index (χ3n) is 2.84. The van der Waals surface area contributed by atoms with Gasteiger partial charge in [0, 0.05) is 6.54 Å². The van der Waals surface area contributed by atoms with Crippen molar-refractivity contribution in [1.29, 1.82) is 0 Å². The molecular formula is C13H22N4O3. The summed E-state index contributed by atoms with van der Waals surface area (Å²) in [5.74, 6) is -1.04. The number of primary amides is 1. The molecule has 1 rings (SSSR count). The molecule has 3 amide bonds. The van der Waals surface area contributed by atoms with Crippen LogP contribution in [0.5, 0.6) is 0 Å². The molecule has 1 heterocycles. The second-order valence-electron chi connectivity index (χ2n) is 5.19. The van der Waals surface area contributed by atoms with Crippen LogP contribution in [0.4, 0.5) is 0 Å². The molecule has 7 heteroatoms. The number of carbonyl (C=O) groups excluding carboxylic acids is 3. The van der Waals surface area contributed by atoms with Gasteiger partial charge in [-0.3, -0.25) is 19.7 Å². The number of carbonyl (C=O) groups is 3. The van der Waals surface area contributed by atoms with Crippen LogP contribution in [0.2, 0.25) is 0 Å². The predicted octanol–water partition coefficient (Wildman–Crippen LogP) is -1.35. The van der Waals surface area contributed by atoms with E-state index < -0.39 is 23.9 Å². The molecule has 0 bridgehead atoms. The highest BCUT2D eigenvalue weighted by molar-refractivity contribution is 5.92. The lowest BCUT2D eigenvalue weighted by Gasteiger charge is -2.21. The summed E-state index contributed by atoms with van der Waals surface area (Å²) in [6, 6.07) is -1.08. The molecule has 1 aliphatic heterocycles. The van der Waals surface area contributed by atoms with Crippen molar-refractivity contribution >= 4 is 17.7 Å². The Hall–Kier alpha value is -1.89. The van der Waals surface area contributed by atoms with Crippen molar-refractivity contribution < 1.29 is 14.4 Å². The first-order valence-corrected chi connectivity index (χ1v) is 6.66. The Balaban J connectivity index is 2.58. The van der Waals surface area contributed by atoms with E-state index in [9.17, 15) is 14.4 Å². The Morgan fingerprint density at radius 3 is 2.60 bits per heavy atom. The van der Waals surface area contributed by atoms with Gasteiger partial charge >= 0.3 is 0 Å². The zero-order valence-electron chi connectivity index (χ0n) is 11.8. The normalized spacial score (nSPS) is 18.9. The van der Waals surface area contributed by atoms with Gasteiger partial charge in [0.05, 0.1) is 6.54 Å². The van der Waals surface area contributed by atoms with Gasteiger partial charge in [0.15, 0.2) is 0 Å². The Morgan fingerprint density at radius 1 is 1.40 bits per heavy atom. The molecule has 2 atom stereocenters. The van der Waals surface area contributed by atoms with Crippen LogP contribution in [0.25, 0.3) is 0 Å². The molecular weight excluding hydrogens is 260 g/mol. The van der Waals surface area contributed by atoms with E-state index >= 15 is 0 Å². The van der Waals surface area contributed by atoms with Crippen LogP contribution < -0.4 is 21.7 Å². The smallest absolute Gasteiger partial charge is 0.243 e. The van der Waals surface area contributed by atoms with Gasteiger partial charge in [-0.25, -0.2) is 0 Å². The van der Waals surface area contributed by atoms with E-state index in [1.807, 2.05) is 19.9 Å². The first-order valence-electron chi connectivity index (χ1n) is 6.66. The third kappa shape index (κ3) is 5.40. The summed E-state index contributed by atoms with van der Waals surface area (Å²) in [7, 11) is 0. The van der Waals surface area contributed by atoms with E-state index in [2.05, 4.69) is 16.0 Å². The summed E-state index contributed by atoms with van der Waals surface area (Å²) in [6.07, 6.45) is 4.10. The fraction of sp³-hybridized carbons (Fsp3) is 0.615. The van der Waals surface area contributed by atoms with Crippen molar-refractivity contribution in [3.63, 3.8) is 0 Å². The van der Waals surface area contributed by atoms with Crippen LogP contribution in [0.1, 0.15) is 20.3 Å². The molecule has 0 unspecified atom stereocenters. The van der Waals surface area contributed by atoms with Crippen molar-refractivity contribution in [3.05, 3.63) is 12.2 Å². The van der Waals surface area contributed by atoms with Crippen LogP contribution in [-0.4, -0.2) is 42.9 Å². The highest BCUT2D eigenvalue weighted by atomic mass is 16.2. The standard InChI is InChI=1S/C13H22N4O3/c1-8(2)6-10(12(19)16-7-11(14)18)17-13(20)9-4-3-5-15-9/h3-4,8-10,15H,5-7H2,1-2H3,(H2,14,18)(H,16,19)(H,17,20)/t9-,10-/m0/s1. The Bertz CT molecular complexity index is 406. The van der Waals surface area contributed by atoms with Gasteiger partial charge in [-0.05, 0) is 12.3 Å². The molecule has 0 radical (unpaired) electrons. The van der Waals surface area contributed by atoms with Crippen molar-refractivity contribution in [2.24, 2.45) is 11.7 Å². The molecule has 0 aliphatic carbocycles. The van der Waals surface area contributed by atoms with E-state index in [0.29, 0.717) is 13.0 Å². The van der Waals surface area contributed by atoms with Crippen molar-refractivity contribution in [2.75, 3.05) is 13.1 Å². The lowest BCUT2D eigenvalue weighted by Crippen LogP contribution is -2.52. The van der Waals surface area contributed by atoms with Crippen LogP contribution in [0.3, 0.4) is 0 Å². The first kappa shape index (κ1) is 16.2. The van der Waals surface area contributed by atoms with Gasteiger partial charge in [0.25, 0.3) is 0 Å². The lowest BCUT2D eigenvalue weighted by molar-refractivity contribution is -0.130. The highest BCUT2D eigenvalue weighted by Gasteiger charge is 2.25. The van der Waals surface area contributed by atoms with Gasteiger partial charge in [-0.1, -0.05) is 26.0 Å². The Labute approximate surface area is 118 Å². The molecule has 0 aromatic heterocycles. The summed E-state index contributed by atoms with van der Waals surface area (Å²) in [5.41, 5.74) is 4.98. The predicted molar refractivity (Wildman–Crippen MR) is 74.5 cm³/mol. The minimum atomic E-state index is -0.669. The monoisotopic (exact) mass is 282 g/mol. The van der Waals surface area contributed by atoms with Gasteiger partial charge in [-0.2, -0.15) is 0 Å². The molecule has 1 aliphatic rings. The first-order chi connectivity index (χ1) is 9.40. The minimum Gasteiger partial charge on any atom is -0.368 e. The summed E-state index contributed by atoms with van der Waals surface area (Å²) < 4.78 is 0. The van der Waals surface area contributed by atoms with Gasteiger partial charge in [-0.15, -0.1) is 0 Å². The maximum atomic E-state index is 12.0. The second-order valence-corrected chi connectivity index (χ2v) is 5.19. The topological polar surface area (TPSA) is 113 Å². The maximum absolute atomic E-state index is 12.0. The average Bonchev–Trinajstić information content (AvgIpc) is 2.88. The number of hydrogen-bond acceptors (Lipinski definition) is 4. The number of rotatable bonds is 7. The molecule has 0 saturated heterocycles. The zero-order valence-corrected chi connectivity index (χ0v) is 11.8. The number of hydrogen-bond donors (Lipinski definition) is 4. The molecule has 20 heavy (non-hydrogen) atoms. The lowest BCUT2D eigenvalue weighted by atomic mass is 10.0. The van der Waals surface area contributed by atoms with E-state index in [-0.39, 0.29) is 18.4 Å². The molecule has 0 fully saturated rings. The molecule has 0 aromatic carbocycles. The van der Waals surface area contributed by atoms with E-state index in [0.717, 1.165) is 0 Å². The van der Waals surface area contributed by atoms with E-state index in [1.54, 1.807) is 6.08 Å². The number of nitrogens with one attached hydrogen (secondary N) is 3. The third-order valence-corrected chi connectivity index (χ3v) is 2.84. The van der Waals surface area contributed by atoms with E-state index in [1.165, 1.54) is 0 Å². The van der Waals surface area contributed by atoms with Crippen LogP contribution in [-0.2, 0) is 14.4 Å². The van der Waals surface area contributed by atoms with Crippen LogP contribution in [0.15, 0.2) is 12.2 Å². The van der Waals surface area contributed by atoms with Crippen molar-refractivity contribution in [3.8, 4) is 0 Å². The Kier molecular flexibility index (Phi) is 6.17. The minimum absolute atomic E-state index is 0.228. The summed E-state index contributed by atoms with van der Waals surface area (Å²) >= 11 is 0. The van der Waals surface area contributed by atoms with Gasteiger partial charge in [0.2, 0.25) is 17.7 Å². The molecule has 0 aromatic rings. The molecule has 112 valence electrons. The molecule has 0 spiro atoms. The fourth-order valence-electron chi connectivity index (χ4n) is 1.91. The zero-order chi connectivity index (χ0) is 15.1. The van der Waals surface area contributed by atoms with Gasteiger partial charge < -0.3 is 16.4 Å². The SMILES string of the molecule is CC(C)C[C@H](NC(=O)[C@@H]1C=CCN1)C(=O)NCC(N)=O. The molecule has 0 saturated carbocycles. The highest BCUT2D eigenvalue weighted by Crippen LogP contribution is 2.06. The number of nitrogens with two attached hydrogens (primary N) is 1. The van der Waals surface area contributed by atoms with Crippen LogP contribution >= 0.6 is 0 Å². The van der Waals surface area contributed by atoms with Gasteiger partial charge in [0.1, 0.15) is 12.1 Å². The van der Waals surface area contributed by atoms with Crippen molar-refractivity contribution in [1.82, 2.24) is 16.0 Å². The van der Waals surface area contributed by atoms with Crippen molar-refractivity contribution in [2.45, 2.75) is 32.4 Å². The summed E-state index contributed by atoms with van der Waals surface area (Å²) in [6.45, 7) is 4.31. The largest absolute Gasteiger partial charge is 0.368 e. The quantitative estimate of drug-likeness (QED) is 0.432. The van der Waals surface area contributed by atoms with E-state index in [4.69, 9.17) is 5.73 Å². The van der Waals surface area contributed by atoms with Crippen LogP contribution in [0, 0.1) is 5.92 Å². The maximum Gasteiger partial charge on any atom is 0.243 e. The Morgan fingerprint density at radius 2 is 2.10 bits per heavy atom. The summed E-state index contributed by atoms with van der Waals surface area (Å²) in [4.78, 5) is 34.6. The average molecular weight is 282 g/mol. The molecule has 7 nitrogen and oxygen atoms in total. The summed E-state index contributed by atoms with van der Waals surface area (Å²) in [5, 5.41) is 8.09. The second kappa shape index (κ2) is 7.64.